The van der Waals surface area contributed by atoms with Crippen molar-refractivity contribution >= 4 is 51.7 Å². The number of carbonyl (C=O) groups excluding carboxylic acids is 2. The maximum absolute atomic E-state index is 12.7. The lowest BCUT2D eigenvalue weighted by atomic mass is 10.2. The molecule has 0 atom stereocenters. The van der Waals surface area contributed by atoms with Crippen LogP contribution in [0.5, 0.6) is 0 Å². The first-order chi connectivity index (χ1) is 15.5. The van der Waals surface area contributed by atoms with Gasteiger partial charge >= 0.3 is 6.03 Å². The number of nitrogens with zero attached hydrogens (tertiary/aromatic N) is 2. The molecule has 0 saturated heterocycles. The average Bonchev–Trinajstić information content (AvgIpc) is 3.24. The zero-order chi connectivity index (χ0) is 22.1. The second-order valence-electron chi connectivity index (χ2n) is 7.62. The number of amides is 3. The van der Waals surface area contributed by atoms with Gasteiger partial charge < -0.3 is 20.5 Å². The Hall–Kier alpha value is -3.78. The number of aromatic nitrogens is 2. The van der Waals surface area contributed by atoms with Gasteiger partial charge in [-0.15, -0.1) is 11.8 Å². The average molecular weight is 444 g/mol. The Morgan fingerprint density at radius 2 is 1.91 bits per heavy atom. The number of hydrogen-bond donors (Lipinski definition) is 3. The van der Waals surface area contributed by atoms with Crippen molar-refractivity contribution < 1.29 is 9.59 Å². The highest BCUT2D eigenvalue weighted by Gasteiger charge is 2.25. The molecule has 5 rings (SSSR count). The van der Waals surface area contributed by atoms with Crippen molar-refractivity contribution in [3.63, 3.8) is 0 Å². The molecule has 1 aliphatic rings. The molecular weight excluding hydrogens is 422 g/mol. The van der Waals surface area contributed by atoms with Crippen LogP contribution in [0.3, 0.4) is 0 Å². The summed E-state index contributed by atoms with van der Waals surface area (Å²) in [5.41, 5.74) is 4.98. The van der Waals surface area contributed by atoms with Crippen LogP contribution in [0.25, 0.3) is 10.9 Å². The topological polar surface area (TPSA) is 90.1 Å². The summed E-state index contributed by atoms with van der Waals surface area (Å²) in [6.45, 7) is 2.39. The Morgan fingerprint density at radius 3 is 2.75 bits per heavy atom. The molecule has 0 unspecified atom stereocenters. The van der Waals surface area contributed by atoms with Gasteiger partial charge in [-0.2, -0.15) is 0 Å². The van der Waals surface area contributed by atoms with Crippen LogP contribution >= 0.6 is 11.8 Å². The van der Waals surface area contributed by atoms with Crippen LogP contribution in [0.15, 0.2) is 71.9 Å². The lowest BCUT2D eigenvalue weighted by molar-refractivity contribution is -0.116. The Labute approximate surface area is 189 Å². The quantitative estimate of drug-likeness (QED) is 0.407. The van der Waals surface area contributed by atoms with E-state index >= 15 is 0 Å². The van der Waals surface area contributed by atoms with Gasteiger partial charge in [-0.25, -0.2) is 4.79 Å². The van der Waals surface area contributed by atoms with Crippen LogP contribution in [-0.2, 0) is 11.3 Å². The van der Waals surface area contributed by atoms with Gasteiger partial charge in [-0.1, -0.05) is 6.07 Å². The first kappa shape index (κ1) is 20.1. The minimum atomic E-state index is -0.345. The summed E-state index contributed by atoms with van der Waals surface area (Å²) in [5.74, 6) is 0.434. The van der Waals surface area contributed by atoms with E-state index in [1.54, 1.807) is 11.1 Å². The number of rotatable bonds is 4. The largest absolute Gasteiger partial charge is 0.361 e. The van der Waals surface area contributed by atoms with Crippen molar-refractivity contribution in [3.8, 4) is 0 Å². The number of aromatic amines is 1. The molecule has 4 aromatic rings. The number of urea groups is 1. The molecule has 1 aliphatic heterocycles. The van der Waals surface area contributed by atoms with E-state index in [-0.39, 0.29) is 11.9 Å². The van der Waals surface area contributed by atoms with E-state index in [9.17, 15) is 9.59 Å². The third kappa shape index (κ3) is 4.17. The van der Waals surface area contributed by atoms with E-state index in [0.717, 1.165) is 32.7 Å². The summed E-state index contributed by atoms with van der Waals surface area (Å²) in [5, 5.41) is 6.81. The number of carbonyl (C=O) groups is 2. The Balaban J connectivity index is 1.35. The van der Waals surface area contributed by atoms with Crippen LogP contribution < -0.4 is 15.5 Å². The highest BCUT2D eigenvalue weighted by atomic mass is 32.2. The van der Waals surface area contributed by atoms with Crippen LogP contribution in [0.2, 0.25) is 0 Å². The number of thioether (sulfide) groups is 1. The molecule has 0 bridgehead atoms. The van der Waals surface area contributed by atoms with Crippen LogP contribution in [0.1, 0.15) is 11.3 Å². The highest BCUT2D eigenvalue weighted by Crippen LogP contribution is 2.38. The molecular formula is C24H21N5O2S. The van der Waals surface area contributed by atoms with Crippen molar-refractivity contribution in [2.75, 3.05) is 21.3 Å². The highest BCUT2D eigenvalue weighted by molar-refractivity contribution is 8.00. The van der Waals surface area contributed by atoms with Crippen molar-refractivity contribution in [1.29, 1.82) is 0 Å². The van der Waals surface area contributed by atoms with Gasteiger partial charge in [0.15, 0.2) is 0 Å². The normalized spacial score (nSPS) is 13.2. The van der Waals surface area contributed by atoms with E-state index in [2.05, 4.69) is 20.6 Å². The third-order valence-corrected chi connectivity index (χ3v) is 6.32. The van der Waals surface area contributed by atoms with Gasteiger partial charge in [-0.05, 0) is 66.4 Å². The van der Waals surface area contributed by atoms with Gasteiger partial charge in [0, 0.05) is 39.9 Å². The monoisotopic (exact) mass is 443 g/mol. The van der Waals surface area contributed by atoms with E-state index < -0.39 is 0 Å². The van der Waals surface area contributed by atoms with Crippen LogP contribution in [-0.4, -0.2) is 27.7 Å². The Morgan fingerprint density at radius 1 is 1.09 bits per heavy atom. The van der Waals surface area contributed by atoms with Crippen molar-refractivity contribution in [2.24, 2.45) is 0 Å². The van der Waals surface area contributed by atoms with Crippen LogP contribution in [0, 0.1) is 6.92 Å². The molecule has 0 radical (unpaired) electrons. The van der Waals surface area contributed by atoms with Gasteiger partial charge in [0.1, 0.15) is 0 Å². The number of benzene rings is 2. The second kappa shape index (κ2) is 8.39. The fraction of sp³-hybridized carbons (Fsp3) is 0.125. The molecule has 8 heteroatoms. The van der Waals surface area contributed by atoms with Crippen molar-refractivity contribution in [1.82, 2.24) is 9.97 Å². The molecule has 0 fully saturated rings. The summed E-state index contributed by atoms with van der Waals surface area (Å²) in [6.07, 6.45) is 3.61. The first-order valence-corrected chi connectivity index (χ1v) is 11.2. The molecule has 160 valence electrons. The van der Waals surface area contributed by atoms with Crippen LogP contribution in [0.4, 0.5) is 21.9 Å². The SMILES string of the molecule is Cc1cc(CN2C(=O)CSc3ccc(NC(=O)Nc4ccc5cc[nH]c5c4)cc32)ccn1. The number of pyridine rings is 1. The summed E-state index contributed by atoms with van der Waals surface area (Å²) < 4.78 is 0. The number of aryl methyl sites for hydroxylation is 1. The third-order valence-electron chi connectivity index (χ3n) is 5.27. The fourth-order valence-corrected chi connectivity index (χ4v) is 4.67. The summed E-state index contributed by atoms with van der Waals surface area (Å²) in [7, 11) is 0. The van der Waals surface area contributed by atoms with Gasteiger partial charge in [0.25, 0.3) is 0 Å². The zero-order valence-electron chi connectivity index (χ0n) is 17.4. The Kier molecular flexibility index (Phi) is 5.28. The van der Waals surface area contributed by atoms with Gasteiger partial charge in [0.2, 0.25) is 5.91 Å². The minimum absolute atomic E-state index is 0.0396. The second-order valence-corrected chi connectivity index (χ2v) is 8.63. The minimum Gasteiger partial charge on any atom is -0.361 e. The molecule has 3 amide bonds. The Bertz CT molecular complexity index is 1330. The number of H-pyrrole nitrogens is 1. The molecule has 0 saturated carbocycles. The lowest BCUT2D eigenvalue weighted by Crippen LogP contribution is -2.35. The van der Waals surface area contributed by atoms with E-state index in [4.69, 9.17) is 0 Å². The zero-order valence-corrected chi connectivity index (χ0v) is 18.2. The predicted molar refractivity (Wildman–Crippen MR) is 128 cm³/mol. The summed E-state index contributed by atoms with van der Waals surface area (Å²) in [4.78, 5) is 35.4. The molecule has 3 N–H and O–H groups in total. The maximum atomic E-state index is 12.7. The van der Waals surface area contributed by atoms with E-state index in [1.807, 2.05) is 67.7 Å². The first-order valence-electron chi connectivity index (χ1n) is 10.2. The molecule has 2 aromatic heterocycles. The van der Waals surface area contributed by atoms with Gasteiger partial charge in [0.05, 0.1) is 18.0 Å². The smallest absolute Gasteiger partial charge is 0.323 e. The van der Waals surface area contributed by atoms with E-state index in [0.29, 0.717) is 23.7 Å². The van der Waals surface area contributed by atoms with Gasteiger partial charge in [-0.3, -0.25) is 9.78 Å². The number of anilines is 3. The van der Waals surface area contributed by atoms with Crippen molar-refractivity contribution in [2.45, 2.75) is 18.4 Å². The summed E-state index contributed by atoms with van der Waals surface area (Å²) in [6, 6.07) is 16.9. The molecule has 0 aliphatic carbocycles. The molecule has 32 heavy (non-hydrogen) atoms. The number of hydrogen-bond acceptors (Lipinski definition) is 4. The molecule has 7 nitrogen and oxygen atoms in total. The maximum Gasteiger partial charge on any atom is 0.323 e. The van der Waals surface area contributed by atoms with Crippen molar-refractivity contribution in [3.05, 3.63) is 78.2 Å². The van der Waals surface area contributed by atoms with E-state index in [1.165, 1.54) is 11.8 Å². The lowest BCUT2D eigenvalue weighted by Gasteiger charge is -2.29. The fourth-order valence-electron chi connectivity index (χ4n) is 3.76. The number of nitrogens with one attached hydrogen (secondary N) is 3. The molecule has 2 aromatic carbocycles. The number of fused-ring (bicyclic) bond motifs is 2. The summed E-state index contributed by atoms with van der Waals surface area (Å²) >= 11 is 1.51. The standard InChI is InChI=1S/C24H21N5O2S/c1-15-10-16(6-8-25-15)13-29-21-12-19(4-5-22(21)32-14-23(29)30)28-24(31)27-18-3-2-17-7-9-26-20(17)11-18/h2-12,26H,13-14H2,1H3,(H2,27,28,31). The molecule has 0 spiro atoms. The molecule has 3 heterocycles. The predicted octanol–water partition coefficient (Wildman–Crippen LogP) is 5.15.